The molecule has 1 fully saturated rings. The second-order valence-electron chi connectivity index (χ2n) is 5.99. The minimum atomic E-state index is -0.518. The molecule has 28 heavy (non-hydrogen) atoms. The van der Waals surface area contributed by atoms with Crippen LogP contribution in [0, 0.1) is 5.82 Å². The summed E-state index contributed by atoms with van der Waals surface area (Å²) in [5.74, 6) is -0.393. The molecule has 0 atom stereocenters. The fourth-order valence-corrected chi connectivity index (χ4v) is 3.53. The van der Waals surface area contributed by atoms with Crippen LogP contribution in [0.5, 0.6) is 0 Å². The summed E-state index contributed by atoms with van der Waals surface area (Å²) >= 11 is 1.23. The predicted octanol–water partition coefficient (Wildman–Crippen LogP) is 3.22. The predicted molar refractivity (Wildman–Crippen MR) is 105 cm³/mol. The van der Waals surface area contributed by atoms with Crippen molar-refractivity contribution in [3.05, 3.63) is 48.5 Å². The van der Waals surface area contributed by atoms with E-state index in [1.165, 1.54) is 17.4 Å². The highest BCUT2D eigenvalue weighted by Crippen LogP contribution is 2.26. The molecule has 8 nitrogen and oxygen atoms in total. The van der Waals surface area contributed by atoms with Crippen LogP contribution in [0.2, 0.25) is 0 Å². The number of hydrogen-bond donors (Lipinski definition) is 2. The van der Waals surface area contributed by atoms with Gasteiger partial charge in [-0.25, -0.2) is 9.18 Å². The first-order valence-electron chi connectivity index (χ1n) is 8.63. The van der Waals surface area contributed by atoms with Gasteiger partial charge < -0.3 is 15.0 Å². The van der Waals surface area contributed by atoms with Crippen LogP contribution in [0.15, 0.2) is 42.7 Å². The van der Waals surface area contributed by atoms with E-state index >= 15 is 0 Å². The van der Waals surface area contributed by atoms with Crippen molar-refractivity contribution in [3.8, 4) is 10.6 Å². The number of amides is 2. The lowest BCUT2D eigenvalue weighted by Gasteiger charge is -2.29. The quantitative estimate of drug-likeness (QED) is 0.699. The Morgan fingerprint density at radius 3 is 2.64 bits per heavy atom. The second kappa shape index (κ2) is 8.28. The molecule has 10 heteroatoms. The van der Waals surface area contributed by atoms with E-state index in [4.69, 9.17) is 4.74 Å². The number of ether oxygens (including phenoxy) is 1. The van der Waals surface area contributed by atoms with E-state index in [-0.39, 0.29) is 0 Å². The van der Waals surface area contributed by atoms with Gasteiger partial charge in [0.1, 0.15) is 10.8 Å². The Morgan fingerprint density at radius 1 is 1.11 bits per heavy atom. The molecular weight excluding hydrogens is 383 g/mol. The summed E-state index contributed by atoms with van der Waals surface area (Å²) in [5, 5.41) is 14.2. The van der Waals surface area contributed by atoms with E-state index in [0.29, 0.717) is 47.8 Å². The zero-order valence-corrected chi connectivity index (χ0v) is 15.6. The molecule has 0 radical (unpaired) electrons. The number of nitrogens with one attached hydrogen (secondary N) is 2. The van der Waals surface area contributed by atoms with Crippen molar-refractivity contribution >= 4 is 33.9 Å². The van der Waals surface area contributed by atoms with E-state index in [2.05, 4.69) is 25.8 Å². The fourth-order valence-electron chi connectivity index (χ4n) is 2.79. The summed E-state index contributed by atoms with van der Waals surface area (Å²) in [6, 6.07) is 7.72. The summed E-state index contributed by atoms with van der Waals surface area (Å²) in [5.41, 5.74) is 1.72. The van der Waals surface area contributed by atoms with E-state index < -0.39 is 11.8 Å². The molecule has 4 rings (SSSR count). The summed E-state index contributed by atoms with van der Waals surface area (Å²) in [6.07, 6.45) is 3.32. The average Bonchev–Trinajstić information content (AvgIpc) is 3.18. The SMILES string of the molecule is O=C(Nc1ccc(N2CCOCC2)c(F)c1)Nc1nnc(-c2ccncc2)s1. The Balaban J connectivity index is 1.39. The molecule has 1 aliphatic rings. The van der Waals surface area contributed by atoms with E-state index in [1.54, 1.807) is 24.5 Å². The third-order valence-corrected chi connectivity index (χ3v) is 5.02. The van der Waals surface area contributed by atoms with Crippen LogP contribution in [0.1, 0.15) is 0 Å². The Morgan fingerprint density at radius 2 is 1.89 bits per heavy atom. The topological polar surface area (TPSA) is 92.3 Å². The van der Waals surface area contributed by atoms with E-state index in [1.807, 2.05) is 17.0 Å². The number of anilines is 3. The maximum atomic E-state index is 14.4. The first kappa shape index (κ1) is 18.3. The van der Waals surface area contributed by atoms with Crippen molar-refractivity contribution in [3.63, 3.8) is 0 Å². The molecule has 1 saturated heterocycles. The molecule has 2 amide bonds. The molecular formula is C18H17FN6O2S. The number of morpholine rings is 1. The van der Waals surface area contributed by atoms with Gasteiger partial charge in [-0.3, -0.25) is 10.3 Å². The van der Waals surface area contributed by atoms with Gasteiger partial charge in [0.25, 0.3) is 0 Å². The number of halogens is 1. The lowest BCUT2D eigenvalue weighted by Crippen LogP contribution is -2.36. The Hall–Kier alpha value is -3.11. The molecule has 0 bridgehead atoms. The molecule has 144 valence electrons. The van der Waals surface area contributed by atoms with Gasteiger partial charge in [-0.1, -0.05) is 11.3 Å². The molecule has 0 aliphatic carbocycles. The van der Waals surface area contributed by atoms with Crippen molar-refractivity contribution in [2.45, 2.75) is 0 Å². The minimum absolute atomic E-state index is 0.342. The smallest absolute Gasteiger partial charge is 0.325 e. The molecule has 3 heterocycles. The van der Waals surface area contributed by atoms with Crippen LogP contribution < -0.4 is 15.5 Å². The van der Waals surface area contributed by atoms with Gasteiger partial charge in [0.05, 0.1) is 18.9 Å². The van der Waals surface area contributed by atoms with Crippen molar-refractivity contribution in [1.82, 2.24) is 15.2 Å². The summed E-state index contributed by atoms with van der Waals surface area (Å²) in [7, 11) is 0. The van der Waals surface area contributed by atoms with Crippen LogP contribution in [-0.2, 0) is 4.74 Å². The highest BCUT2D eigenvalue weighted by Gasteiger charge is 2.16. The Kier molecular flexibility index (Phi) is 5.40. The third kappa shape index (κ3) is 4.24. The first-order chi connectivity index (χ1) is 13.7. The molecule has 1 aliphatic heterocycles. The number of urea groups is 1. The van der Waals surface area contributed by atoms with Crippen LogP contribution in [-0.4, -0.2) is 47.5 Å². The van der Waals surface area contributed by atoms with Crippen molar-refractivity contribution in [2.75, 3.05) is 41.8 Å². The summed E-state index contributed by atoms with van der Waals surface area (Å²) in [6.45, 7) is 2.43. The molecule has 0 saturated carbocycles. The highest BCUT2D eigenvalue weighted by molar-refractivity contribution is 7.18. The summed E-state index contributed by atoms with van der Waals surface area (Å²) < 4.78 is 19.7. The van der Waals surface area contributed by atoms with Crippen LogP contribution in [0.4, 0.5) is 25.7 Å². The van der Waals surface area contributed by atoms with Crippen LogP contribution in [0.3, 0.4) is 0 Å². The average molecular weight is 400 g/mol. The van der Waals surface area contributed by atoms with Gasteiger partial charge in [0.2, 0.25) is 5.13 Å². The maximum absolute atomic E-state index is 14.4. The lowest BCUT2D eigenvalue weighted by molar-refractivity contribution is 0.122. The normalized spacial score (nSPS) is 14.0. The lowest BCUT2D eigenvalue weighted by atomic mass is 10.2. The standard InChI is InChI=1S/C18H17FN6O2S/c19-14-11-13(1-2-15(14)25-7-9-27-10-8-25)21-17(26)22-18-24-23-16(28-18)12-3-5-20-6-4-12/h1-6,11H,7-10H2,(H2,21,22,24,26). The number of carbonyl (C=O) groups excluding carboxylic acids is 1. The largest absolute Gasteiger partial charge is 0.378 e. The summed E-state index contributed by atoms with van der Waals surface area (Å²) in [4.78, 5) is 18.1. The number of benzene rings is 1. The fraction of sp³-hybridized carbons (Fsp3) is 0.222. The van der Waals surface area contributed by atoms with E-state index in [9.17, 15) is 9.18 Å². The molecule has 2 aromatic heterocycles. The van der Waals surface area contributed by atoms with Crippen molar-refractivity contribution in [1.29, 1.82) is 0 Å². The van der Waals surface area contributed by atoms with Gasteiger partial charge in [0, 0.05) is 36.7 Å². The van der Waals surface area contributed by atoms with Crippen LogP contribution >= 0.6 is 11.3 Å². The van der Waals surface area contributed by atoms with Gasteiger partial charge in [-0.15, -0.1) is 10.2 Å². The Bertz CT molecular complexity index is 962. The minimum Gasteiger partial charge on any atom is -0.378 e. The zero-order valence-electron chi connectivity index (χ0n) is 14.8. The van der Waals surface area contributed by atoms with Gasteiger partial charge in [-0.05, 0) is 30.3 Å². The van der Waals surface area contributed by atoms with Gasteiger partial charge in [0.15, 0.2) is 0 Å². The number of aromatic nitrogens is 3. The van der Waals surface area contributed by atoms with Crippen molar-refractivity contribution in [2.24, 2.45) is 0 Å². The van der Waals surface area contributed by atoms with Gasteiger partial charge >= 0.3 is 6.03 Å². The molecule has 0 spiro atoms. The van der Waals surface area contributed by atoms with E-state index in [0.717, 1.165) is 5.56 Å². The number of hydrogen-bond acceptors (Lipinski definition) is 7. The number of pyridine rings is 1. The maximum Gasteiger partial charge on any atom is 0.325 e. The zero-order chi connectivity index (χ0) is 19.3. The van der Waals surface area contributed by atoms with Crippen molar-refractivity contribution < 1.29 is 13.9 Å². The molecule has 1 aromatic carbocycles. The molecule has 3 aromatic rings. The van der Waals surface area contributed by atoms with Crippen LogP contribution in [0.25, 0.3) is 10.6 Å². The number of carbonyl (C=O) groups is 1. The number of nitrogens with zero attached hydrogens (tertiary/aromatic N) is 4. The number of rotatable bonds is 4. The first-order valence-corrected chi connectivity index (χ1v) is 9.45. The molecule has 2 N–H and O–H groups in total. The Labute approximate surface area is 164 Å². The molecule has 0 unspecified atom stereocenters. The monoisotopic (exact) mass is 400 g/mol. The van der Waals surface area contributed by atoms with Gasteiger partial charge in [-0.2, -0.15) is 0 Å². The second-order valence-corrected chi connectivity index (χ2v) is 6.97. The highest BCUT2D eigenvalue weighted by atomic mass is 32.1. The third-order valence-electron chi connectivity index (χ3n) is 4.13.